The quantitative estimate of drug-likeness (QED) is 0.701. The Morgan fingerprint density at radius 3 is 2.28 bits per heavy atom. The normalized spacial score (nSPS) is 17.1. The Hall–Kier alpha value is -2.82. The van der Waals surface area contributed by atoms with Gasteiger partial charge in [0, 0.05) is 49.1 Å². The van der Waals surface area contributed by atoms with Crippen molar-refractivity contribution in [1.29, 1.82) is 5.26 Å². The molecule has 6 nitrogen and oxygen atoms in total. The molecule has 166 valence electrons. The first kappa shape index (κ1) is 22.4. The summed E-state index contributed by atoms with van der Waals surface area (Å²) in [5.41, 5.74) is 1.26. The van der Waals surface area contributed by atoms with E-state index in [0.29, 0.717) is 37.3 Å². The van der Waals surface area contributed by atoms with Crippen LogP contribution in [-0.2, 0) is 4.79 Å². The predicted molar refractivity (Wildman–Crippen MR) is 124 cm³/mol. The van der Waals surface area contributed by atoms with Gasteiger partial charge in [0.1, 0.15) is 6.07 Å². The first-order valence-electron chi connectivity index (χ1n) is 11.2. The molecule has 0 saturated carbocycles. The summed E-state index contributed by atoms with van der Waals surface area (Å²) < 4.78 is 0. The van der Waals surface area contributed by atoms with Crippen LogP contribution in [0.2, 0.25) is 0 Å². The Kier molecular flexibility index (Phi) is 7.46. The Morgan fingerprint density at radius 1 is 0.812 bits per heavy atom. The van der Waals surface area contributed by atoms with E-state index in [9.17, 15) is 14.9 Å². The number of carbonyl (C=O) groups excluding carboxylic acids is 2. The van der Waals surface area contributed by atoms with E-state index in [0.717, 1.165) is 48.7 Å². The number of nitriles is 1. The minimum Gasteiger partial charge on any atom is -0.342 e. The summed E-state index contributed by atoms with van der Waals surface area (Å²) in [4.78, 5) is 33.7. The summed E-state index contributed by atoms with van der Waals surface area (Å²) in [6, 6.07) is 17.3. The first-order chi connectivity index (χ1) is 15.7. The second-order valence-corrected chi connectivity index (χ2v) is 9.30. The van der Waals surface area contributed by atoms with Crippen molar-refractivity contribution < 1.29 is 9.59 Å². The van der Waals surface area contributed by atoms with Crippen LogP contribution in [0.5, 0.6) is 0 Å². The zero-order chi connectivity index (χ0) is 22.3. The lowest BCUT2D eigenvalue weighted by Crippen LogP contribution is -2.41. The van der Waals surface area contributed by atoms with Crippen LogP contribution in [0.3, 0.4) is 0 Å². The summed E-state index contributed by atoms with van der Waals surface area (Å²) in [5, 5.41) is 9.40. The third-order valence-electron chi connectivity index (χ3n) is 6.04. The molecule has 2 aromatic carbocycles. The van der Waals surface area contributed by atoms with E-state index in [-0.39, 0.29) is 11.8 Å². The molecule has 2 aliphatic rings. The smallest absolute Gasteiger partial charge is 0.255 e. The highest BCUT2D eigenvalue weighted by molar-refractivity contribution is 7.99. The van der Waals surface area contributed by atoms with Gasteiger partial charge in [-0.2, -0.15) is 5.26 Å². The second kappa shape index (κ2) is 10.7. The molecule has 0 aromatic heterocycles. The highest BCUT2D eigenvalue weighted by Crippen LogP contribution is 2.33. The largest absolute Gasteiger partial charge is 0.342 e. The van der Waals surface area contributed by atoms with E-state index in [1.807, 2.05) is 52.3 Å². The van der Waals surface area contributed by atoms with E-state index in [1.165, 1.54) is 11.8 Å². The molecule has 7 heteroatoms. The van der Waals surface area contributed by atoms with Crippen molar-refractivity contribution in [2.45, 2.75) is 29.1 Å². The number of likely N-dealkylation sites (tertiary alicyclic amines) is 1. The first-order valence-corrected chi connectivity index (χ1v) is 12.0. The monoisotopic (exact) mass is 448 g/mol. The van der Waals surface area contributed by atoms with E-state index in [1.54, 1.807) is 6.07 Å². The van der Waals surface area contributed by atoms with Crippen LogP contribution >= 0.6 is 11.8 Å². The summed E-state index contributed by atoms with van der Waals surface area (Å²) in [7, 11) is 0. The number of amides is 2. The zero-order valence-corrected chi connectivity index (χ0v) is 19.0. The predicted octanol–water partition coefficient (Wildman–Crippen LogP) is 3.48. The fourth-order valence-electron chi connectivity index (χ4n) is 4.26. The van der Waals surface area contributed by atoms with Crippen LogP contribution in [0.25, 0.3) is 0 Å². The third kappa shape index (κ3) is 5.32. The van der Waals surface area contributed by atoms with Gasteiger partial charge in [-0.25, -0.2) is 0 Å². The standard InChI is InChI=1S/C25H28N4O2S/c26-18-20-8-1-3-10-22(20)32-23-11-4-2-9-21(23)25(31)29-15-7-12-27(16-17-29)19-24(30)28-13-5-6-14-28/h1-4,8-11H,5-7,12-17,19H2. The minimum absolute atomic E-state index is 0.00950. The van der Waals surface area contributed by atoms with Crippen LogP contribution in [0.1, 0.15) is 35.2 Å². The van der Waals surface area contributed by atoms with Crippen molar-refractivity contribution in [3.05, 3.63) is 59.7 Å². The van der Waals surface area contributed by atoms with Crippen molar-refractivity contribution in [1.82, 2.24) is 14.7 Å². The van der Waals surface area contributed by atoms with Crippen LogP contribution < -0.4 is 0 Å². The molecule has 0 bridgehead atoms. The zero-order valence-electron chi connectivity index (χ0n) is 18.2. The second-order valence-electron chi connectivity index (χ2n) is 8.22. The maximum Gasteiger partial charge on any atom is 0.255 e. The molecule has 32 heavy (non-hydrogen) atoms. The number of rotatable bonds is 5. The Morgan fingerprint density at radius 2 is 1.50 bits per heavy atom. The SMILES string of the molecule is N#Cc1ccccc1Sc1ccccc1C(=O)N1CCCN(CC(=O)N2CCCC2)CC1. The molecule has 2 aromatic rings. The van der Waals surface area contributed by atoms with E-state index < -0.39 is 0 Å². The number of nitrogens with zero attached hydrogens (tertiary/aromatic N) is 4. The maximum atomic E-state index is 13.4. The van der Waals surface area contributed by atoms with Crippen molar-refractivity contribution in [2.75, 3.05) is 45.8 Å². The maximum absolute atomic E-state index is 13.4. The number of hydrogen-bond acceptors (Lipinski definition) is 5. The highest BCUT2D eigenvalue weighted by atomic mass is 32.2. The lowest BCUT2D eigenvalue weighted by molar-refractivity contribution is -0.131. The summed E-state index contributed by atoms with van der Waals surface area (Å²) in [5.74, 6) is 0.218. The highest BCUT2D eigenvalue weighted by Gasteiger charge is 2.25. The molecule has 4 rings (SSSR count). The molecule has 2 amide bonds. The van der Waals surface area contributed by atoms with Gasteiger partial charge in [0.25, 0.3) is 5.91 Å². The van der Waals surface area contributed by atoms with Gasteiger partial charge < -0.3 is 9.80 Å². The molecular weight excluding hydrogens is 420 g/mol. The molecule has 0 unspecified atom stereocenters. The van der Waals surface area contributed by atoms with Crippen LogP contribution in [0, 0.1) is 11.3 Å². The van der Waals surface area contributed by atoms with Crippen LogP contribution in [0.15, 0.2) is 58.3 Å². The number of hydrogen-bond donors (Lipinski definition) is 0. The molecule has 2 aliphatic heterocycles. The fourth-order valence-corrected chi connectivity index (χ4v) is 5.28. The van der Waals surface area contributed by atoms with Crippen molar-refractivity contribution in [3.63, 3.8) is 0 Å². The van der Waals surface area contributed by atoms with E-state index in [2.05, 4.69) is 11.0 Å². The summed E-state index contributed by atoms with van der Waals surface area (Å²) in [6.45, 7) is 5.02. The van der Waals surface area contributed by atoms with Gasteiger partial charge in [-0.15, -0.1) is 0 Å². The van der Waals surface area contributed by atoms with Gasteiger partial charge in [0.05, 0.1) is 17.7 Å². The van der Waals surface area contributed by atoms with Crippen LogP contribution in [-0.4, -0.2) is 72.3 Å². The van der Waals surface area contributed by atoms with Crippen molar-refractivity contribution >= 4 is 23.6 Å². The van der Waals surface area contributed by atoms with Gasteiger partial charge in [0.15, 0.2) is 0 Å². The molecule has 0 atom stereocenters. The Labute approximate surface area is 193 Å². The molecule has 0 spiro atoms. The van der Waals surface area contributed by atoms with Gasteiger partial charge in [-0.05, 0) is 43.5 Å². The molecule has 0 N–H and O–H groups in total. The molecule has 2 heterocycles. The molecule has 2 saturated heterocycles. The van der Waals surface area contributed by atoms with Gasteiger partial charge in [-0.1, -0.05) is 36.0 Å². The number of benzene rings is 2. The number of carbonyl (C=O) groups is 2. The minimum atomic E-state index is 0.00950. The molecule has 0 aliphatic carbocycles. The van der Waals surface area contributed by atoms with Gasteiger partial charge >= 0.3 is 0 Å². The van der Waals surface area contributed by atoms with E-state index >= 15 is 0 Å². The summed E-state index contributed by atoms with van der Waals surface area (Å²) >= 11 is 1.46. The Balaban J connectivity index is 1.42. The lowest BCUT2D eigenvalue weighted by atomic mass is 10.2. The summed E-state index contributed by atoms with van der Waals surface area (Å²) in [6.07, 6.45) is 3.06. The molecule has 2 fully saturated rings. The van der Waals surface area contributed by atoms with Gasteiger partial charge in [-0.3, -0.25) is 14.5 Å². The average Bonchev–Trinajstić information content (AvgIpc) is 3.27. The third-order valence-corrected chi connectivity index (χ3v) is 7.19. The Bertz CT molecular complexity index is 1010. The fraction of sp³-hybridized carbons (Fsp3) is 0.400. The molecular formula is C25H28N4O2S. The lowest BCUT2D eigenvalue weighted by Gasteiger charge is -2.24. The van der Waals surface area contributed by atoms with Crippen molar-refractivity contribution in [3.8, 4) is 6.07 Å². The van der Waals surface area contributed by atoms with E-state index in [4.69, 9.17) is 0 Å². The van der Waals surface area contributed by atoms with Crippen LogP contribution in [0.4, 0.5) is 0 Å². The average molecular weight is 449 g/mol. The molecule has 0 radical (unpaired) electrons. The van der Waals surface area contributed by atoms with Crippen molar-refractivity contribution in [2.24, 2.45) is 0 Å². The van der Waals surface area contributed by atoms with Gasteiger partial charge in [0.2, 0.25) is 5.91 Å². The topological polar surface area (TPSA) is 67.6 Å².